The SMILES string of the molecule is CCCC(O)(Cc1ccc(OC)c(OC)c1OC)[C@@H](O)[C@@](O)(Cc1ccc(OC)c(OC)c1OC)[C@H](O)[C@@H](O)CO. The molecule has 12 heteroatoms. The third-order valence-electron chi connectivity index (χ3n) is 7.27. The van der Waals surface area contributed by atoms with Crippen molar-refractivity contribution >= 4 is 0 Å². The van der Waals surface area contributed by atoms with Gasteiger partial charge in [-0.15, -0.1) is 0 Å². The van der Waals surface area contributed by atoms with Crippen molar-refractivity contribution < 1.29 is 59.1 Å². The fraction of sp³-hybridized carbons (Fsp3) is 0.586. The molecule has 2 aromatic carbocycles. The lowest BCUT2D eigenvalue weighted by molar-refractivity contribution is -0.230. The molecule has 0 aliphatic rings. The summed E-state index contributed by atoms with van der Waals surface area (Å²) in [7, 11) is 8.50. The summed E-state index contributed by atoms with van der Waals surface area (Å²) in [6.45, 7) is 0.855. The van der Waals surface area contributed by atoms with Crippen LogP contribution in [0.4, 0.5) is 0 Å². The van der Waals surface area contributed by atoms with Crippen LogP contribution in [0.2, 0.25) is 0 Å². The van der Waals surface area contributed by atoms with E-state index in [0.29, 0.717) is 23.5 Å². The molecule has 232 valence electrons. The van der Waals surface area contributed by atoms with Crippen LogP contribution in [-0.2, 0) is 12.8 Å². The molecule has 0 fully saturated rings. The largest absolute Gasteiger partial charge is 0.493 e. The summed E-state index contributed by atoms with van der Waals surface area (Å²) in [5, 5.41) is 67.0. The quantitative estimate of drug-likeness (QED) is 0.155. The first-order valence-corrected chi connectivity index (χ1v) is 13.1. The van der Waals surface area contributed by atoms with E-state index in [9.17, 15) is 30.6 Å². The molecular formula is C29H44O12. The zero-order chi connectivity index (χ0) is 31.0. The van der Waals surface area contributed by atoms with Gasteiger partial charge in [0, 0.05) is 24.0 Å². The second-order valence-electron chi connectivity index (χ2n) is 9.78. The Labute approximate surface area is 240 Å². The molecule has 0 saturated heterocycles. The molecule has 0 amide bonds. The van der Waals surface area contributed by atoms with Gasteiger partial charge in [0.1, 0.15) is 23.9 Å². The zero-order valence-corrected chi connectivity index (χ0v) is 24.7. The zero-order valence-electron chi connectivity index (χ0n) is 24.7. The monoisotopic (exact) mass is 584 g/mol. The number of benzene rings is 2. The molecule has 0 aliphatic heterocycles. The van der Waals surface area contributed by atoms with Gasteiger partial charge in [-0.25, -0.2) is 0 Å². The van der Waals surface area contributed by atoms with Crippen LogP contribution in [0.1, 0.15) is 30.9 Å². The van der Waals surface area contributed by atoms with Gasteiger partial charge in [-0.1, -0.05) is 25.5 Å². The number of aliphatic hydroxyl groups excluding tert-OH is 4. The van der Waals surface area contributed by atoms with Gasteiger partial charge in [0.25, 0.3) is 0 Å². The first kappa shape index (κ1) is 34.2. The number of hydrogen-bond donors (Lipinski definition) is 6. The third-order valence-corrected chi connectivity index (χ3v) is 7.27. The Hall–Kier alpha value is -3.00. The van der Waals surface area contributed by atoms with Crippen molar-refractivity contribution in [1.29, 1.82) is 0 Å². The van der Waals surface area contributed by atoms with E-state index in [4.69, 9.17) is 28.4 Å². The van der Waals surface area contributed by atoms with E-state index in [1.165, 1.54) is 48.7 Å². The van der Waals surface area contributed by atoms with Crippen LogP contribution >= 0.6 is 0 Å². The van der Waals surface area contributed by atoms with E-state index < -0.39 is 42.5 Å². The van der Waals surface area contributed by atoms with Gasteiger partial charge in [0.2, 0.25) is 11.5 Å². The summed E-state index contributed by atoms with van der Waals surface area (Å²) in [5.41, 5.74) is -4.00. The van der Waals surface area contributed by atoms with Gasteiger partial charge in [-0.2, -0.15) is 0 Å². The van der Waals surface area contributed by atoms with Gasteiger partial charge in [0.15, 0.2) is 23.0 Å². The summed E-state index contributed by atoms with van der Waals surface area (Å²) >= 11 is 0. The highest BCUT2D eigenvalue weighted by atomic mass is 16.5. The van der Waals surface area contributed by atoms with Gasteiger partial charge in [0.05, 0.1) is 54.9 Å². The number of rotatable bonds is 17. The predicted molar refractivity (Wildman–Crippen MR) is 150 cm³/mol. The molecule has 0 saturated carbocycles. The summed E-state index contributed by atoms with van der Waals surface area (Å²) in [6, 6.07) is 6.32. The topological polar surface area (TPSA) is 177 Å². The highest BCUT2D eigenvalue weighted by Gasteiger charge is 2.54. The molecule has 0 radical (unpaired) electrons. The average molecular weight is 585 g/mol. The van der Waals surface area contributed by atoms with Crippen LogP contribution in [0.5, 0.6) is 34.5 Å². The number of ether oxygens (including phenoxy) is 6. The molecular weight excluding hydrogens is 540 g/mol. The average Bonchev–Trinajstić information content (AvgIpc) is 2.98. The molecule has 1 unspecified atom stereocenters. The lowest BCUT2D eigenvalue weighted by atomic mass is 9.71. The fourth-order valence-corrected chi connectivity index (χ4v) is 5.26. The van der Waals surface area contributed by atoms with E-state index in [1.54, 1.807) is 25.1 Å². The van der Waals surface area contributed by atoms with E-state index >= 15 is 0 Å². The van der Waals surface area contributed by atoms with Crippen LogP contribution in [0.3, 0.4) is 0 Å². The summed E-state index contributed by atoms with van der Waals surface area (Å²) in [4.78, 5) is 0. The van der Waals surface area contributed by atoms with E-state index in [-0.39, 0.29) is 41.4 Å². The lowest BCUT2D eigenvalue weighted by Gasteiger charge is -2.46. The Morgan fingerprint density at radius 1 is 0.659 bits per heavy atom. The van der Waals surface area contributed by atoms with Crippen LogP contribution in [0, 0.1) is 0 Å². The first-order valence-electron chi connectivity index (χ1n) is 13.1. The first-order chi connectivity index (χ1) is 19.5. The highest BCUT2D eigenvalue weighted by molar-refractivity contribution is 5.57. The Morgan fingerprint density at radius 3 is 1.46 bits per heavy atom. The number of aliphatic hydroxyl groups is 6. The Bertz CT molecular complexity index is 1130. The molecule has 0 aromatic heterocycles. The molecule has 6 N–H and O–H groups in total. The van der Waals surface area contributed by atoms with Crippen molar-refractivity contribution in [3.8, 4) is 34.5 Å². The third kappa shape index (κ3) is 6.91. The normalized spacial score (nSPS) is 16.5. The van der Waals surface area contributed by atoms with Crippen molar-refractivity contribution in [3.05, 3.63) is 35.4 Å². The molecule has 0 heterocycles. The maximum absolute atomic E-state index is 12.0. The van der Waals surface area contributed by atoms with Gasteiger partial charge >= 0.3 is 0 Å². The molecule has 12 nitrogen and oxygen atoms in total. The smallest absolute Gasteiger partial charge is 0.203 e. The Balaban J connectivity index is 2.72. The predicted octanol–water partition coefficient (Wildman–Crippen LogP) is 0.861. The lowest BCUT2D eigenvalue weighted by Crippen LogP contribution is -2.66. The van der Waals surface area contributed by atoms with Crippen molar-refractivity contribution in [2.75, 3.05) is 49.3 Å². The van der Waals surface area contributed by atoms with E-state index in [2.05, 4.69) is 0 Å². The molecule has 41 heavy (non-hydrogen) atoms. The van der Waals surface area contributed by atoms with Crippen LogP contribution < -0.4 is 28.4 Å². The standard InChI is InChI=1S/C29H44O12/c1-8-13-28(34,14-17-9-11-20(36-2)24(40-6)22(17)38-4)27(33)29(35,26(32)19(31)16-30)15-18-10-12-21(37-3)25(41-7)23(18)39-5/h9-12,19,26-27,30-35H,8,13-16H2,1-7H3/t19-,26+,27+,28?,29+/m0/s1. The summed E-state index contributed by atoms with van der Waals surface area (Å²) in [6.07, 6.45) is -6.46. The van der Waals surface area contributed by atoms with Gasteiger partial charge in [-0.05, 0) is 18.6 Å². The van der Waals surface area contributed by atoms with Crippen LogP contribution in [0.15, 0.2) is 24.3 Å². The fourth-order valence-electron chi connectivity index (χ4n) is 5.26. The number of hydrogen-bond acceptors (Lipinski definition) is 12. The van der Waals surface area contributed by atoms with E-state index in [0.717, 1.165) is 0 Å². The molecule has 0 spiro atoms. The maximum atomic E-state index is 12.0. The summed E-state index contributed by atoms with van der Waals surface area (Å²) < 4.78 is 32.6. The van der Waals surface area contributed by atoms with Crippen LogP contribution in [0.25, 0.3) is 0 Å². The molecule has 5 atom stereocenters. The van der Waals surface area contributed by atoms with Gasteiger partial charge in [-0.3, -0.25) is 0 Å². The molecule has 2 aromatic rings. The Morgan fingerprint density at radius 2 is 1.10 bits per heavy atom. The minimum Gasteiger partial charge on any atom is -0.493 e. The second-order valence-corrected chi connectivity index (χ2v) is 9.78. The molecule has 0 bridgehead atoms. The molecule has 2 rings (SSSR count). The molecule has 0 aliphatic carbocycles. The summed E-state index contributed by atoms with van der Waals surface area (Å²) in [5.74, 6) is 1.56. The second kappa shape index (κ2) is 14.8. The van der Waals surface area contributed by atoms with Crippen molar-refractivity contribution in [3.63, 3.8) is 0 Å². The van der Waals surface area contributed by atoms with Crippen LogP contribution in [-0.4, -0.2) is 109 Å². The van der Waals surface area contributed by atoms with Crippen molar-refractivity contribution in [1.82, 2.24) is 0 Å². The number of methoxy groups -OCH3 is 6. The minimum absolute atomic E-state index is 0.0288. The Kier molecular flexibility index (Phi) is 12.3. The highest BCUT2D eigenvalue weighted by Crippen LogP contribution is 2.45. The minimum atomic E-state index is -2.61. The van der Waals surface area contributed by atoms with Gasteiger partial charge < -0.3 is 59.1 Å². The van der Waals surface area contributed by atoms with E-state index in [1.807, 2.05) is 0 Å². The van der Waals surface area contributed by atoms with Crippen molar-refractivity contribution in [2.45, 2.75) is 62.1 Å². The van der Waals surface area contributed by atoms with Crippen molar-refractivity contribution in [2.24, 2.45) is 0 Å². The maximum Gasteiger partial charge on any atom is 0.203 e.